The van der Waals surface area contributed by atoms with Crippen LogP contribution in [0.3, 0.4) is 0 Å². The first-order chi connectivity index (χ1) is 8.48. The van der Waals surface area contributed by atoms with Crippen LogP contribution in [-0.4, -0.2) is 32.6 Å². The van der Waals surface area contributed by atoms with Gasteiger partial charge < -0.3 is 10.6 Å². The number of nitrogens with zero attached hydrogens (tertiary/aromatic N) is 1. The van der Waals surface area contributed by atoms with E-state index in [-0.39, 0.29) is 13.0 Å². The highest BCUT2D eigenvalue weighted by atomic mass is 32.2. The first kappa shape index (κ1) is 18.8. The van der Waals surface area contributed by atoms with Crippen LogP contribution in [0, 0.1) is 11.3 Å². The van der Waals surface area contributed by atoms with Crippen molar-refractivity contribution in [3.05, 3.63) is 0 Å². The summed E-state index contributed by atoms with van der Waals surface area (Å²) >= 11 is 16.0. The molecule has 9 heteroatoms. The van der Waals surface area contributed by atoms with Crippen LogP contribution in [-0.2, 0) is 9.59 Å². The molecule has 0 radical (unpaired) electrons. The molecule has 2 amide bonds. The van der Waals surface area contributed by atoms with Crippen molar-refractivity contribution in [3.63, 3.8) is 0 Å². The third kappa shape index (κ3) is 7.87. The van der Waals surface area contributed by atoms with E-state index >= 15 is 0 Å². The molecular weight excluding hydrogens is 322 g/mol. The predicted octanol–water partition coefficient (Wildman–Crippen LogP) is 0.653. The van der Waals surface area contributed by atoms with Crippen molar-refractivity contribution in [1.82, 2.24) is 10.6 Å². The summed E-state index contributed by atoms with van der Waals surface area (Å²) in [5, 5.41) is 13.8. The maximum absolute atomic E-state index is 11.7. The highest BCUT2D eigenvalue weighted by Gasteiger charge is 2.28. The van der Waals surface area contributed by atoms with E-state index in [1.165, 1.54) is 13.8 Å². The number of thiol groups is 4. The Morgan fingerprint density at radius 2 is 1.63 bits per heavy atom. The molecule has 1 atom stereocenters. The van der Waals surface area contributed by atoms with Crippen molar-refractivity contribution >= 4 is 62.3 Å². The van der Waals surface area contributed by atoms with Gasteiger partial charge in [-0.1, -0.05) is 0 Å². The van der Waals surface area contributed by atoms with Crippen LogP contribution >= 0.6 is 50.5 Å². The fourth-order valence-electron chi connectivity index (χ4n) is 0.990. The molecule has 0 rings (SSSR count). The molecule has 0 aromatic heterocycles. The van der Waals surface area contributed by atoms with E-state index in [9.17, 15) is 9.59 Å². The van der Waals surface area contributed by atoms with Crippen LogP contribution in [0.5, 0.6) is 0 Å². The van der Waals surface area contributed by atoms with E-state index in [2.05, 4.69) is 61.1 Å². The van der Waals surface area contributed by atoms with Gasteiger partial charge >= 0.3 is 0 Å². The van der Waals surface area contributed by atoms with Crippen LogP contribution in [0.15, 0.2) is 0 Å². The van der Waals surface area contributed by atoms with Gasteiger partial charge in [-0.3, -0.25) is 9.59 Å². The van der Waals surface area contributed by atoms with Crippen molar-refractivity contribution in [2.75, 3.05) is 6.54 Å². The molecule has 0 saturated heterocycles. The maximum atomic E-state index is 11.7. The summed E-state index contributed by atoms with van der Waals surface area (Å²) in [7, 11) is 0. The zero-order chi connectivity index (χ0) is 15.3. The van der Waals surface area contributed by atoms with E-state index in [1.54, 1.807) is 0 Å². The van der Waals surface area contributed by atoms with Crippen LogP contribution in [0.2, 0.25) is 0 Å². The third-order valence-corrected chi connectivity index (χ3v) is 2.85. The number of amides is 2. The molecule has 0 spiro atoms. The summed E-state index contributed by atoms with van der Waals surface area (Å²) in [6.45, 7) is 3.13. The van der Waals surface area contributed by atoms with Gasteiger partial charge in [-0.2, -0.15) is 55.8 Å². The molecule has 0 aromatic rings. The minimum Gasteiger partial charge on any atom is -0.352 e. The maximum Gasteiger partial charge on any atom is 0.245 e. The second-order valence-corrected chi connectivity index (χ2v) is 8.57. The average molecular weight is 340 g/mol. The fraction of sp³-hybridized carbons (Fsp3) is 0.700. The van der Waals surface area contributed by atoms with Crippen molar-refractivity contribution in [1.29, 1.82) is 5.26 Å². The Morgan fingerprint density at radius 3 is 2.00 bits per heavy atom. The molecule has 19 heavy (non-hydrogen) atoms. The van der Waals surface area contributed by atoms with Crippen LogP contribution < -0.4 is 10.6 Å². The Kier molecular flexibility index (Phi) is 7.50. The van der Waals surface area contributed by atoms with E-state index < -0.39 is 26.0 Å². The number of nitriles is 1. The van der Waals surface area contributed by atoms with Gasteiger partial charge in [-0.05, 0) is 13.8 Å². The van der Waals surface area contributed by atoms with Gasteiger partial charge in [0.05, 0.1) is 18.5 Å². The molecule has 0 fully saturated rings. The largest absolute Gasteiger partial charge is 0.352 e. The van der Waals surface area contributed by atoms with Crippen molar-refractivity contribution in [2.45, 2.75) is 34.5 Å². The van der Waals surface area contributed by atoms with E-state index in [1.807, 2.05) is 6.07 Å². The number of hydrogen-bond donors (Lipinski definition) is 6. The normalized spacial score (nSPS) is 13.3. The van der Waals surface area contributed by atoms with E-state index in [0.29, 0.717) is 0 Å². The third-order valence-electron chi connectivity index (χ3n) is 2.04. The van der Waals surface area contributed by atoms with Crippen LogP contribution in [0.1, 0.15) is 20.3 Å². The summed E-state index contributed by atoms with van der Waals surface area (Å²) in [6.07, 6.45) is 0.0551. The molecule has 0 aliphatic carbocycles. The van der Waals surface area contributed by atoms with Gasteiger partial charge in [0.15, 0.2) is 0 Å². The molecule has 5 nitrogen and oxygen atoms in total. The molecule has 0 aliphatic heterocycles. The second kappa shape index (κ2) is 7.57. The fourth-order valence-corrected chi connectivity index (χ4v) is 1.28. The Bertz CT molecular complexity index is 382. The van der Waals surface area contributed by atoms with Crippen molar-refractivity contribution in [3.8, 4) is 6.07 Å². The van der Waals surface area contributed by atoms with Gasteiger partial charge in [0.2, 0.25) is 11.8 Å². The number of hydrogen-bond acceptors (Lipinski definition) is 7. The molecular formula is C10H17N3O2S4. The summed E-state index contributed by atoms with van der Waals surface area (Å²) in [4.78, 5) is 23.2. The molecule has 2 N–H and O–H groups in total. The molecule has 0 bridgehead atoms. The zero-order valence-corrected chi connectivity index (χ0v) is 14.1. The van der Waals surface area contributed by atoms with Gasteiger partial charge in [-0.25, -0.2) is 0 Å². The second-order valence-electron chi connectivity index (χ2n) is 4.28. The van der Waals surface area contributed by atoms with E-state index in [0.717, 1.165) is 0 Å². The Hall–Kier alpha value is -0.170. The smallest absolute Gasteiger partial charge is 0.245 e. The summed E-state index contributed by atoms with van der Waals surface area (Å²) in [6, 6.07) is 1.41. The summed E-state index contributed by atoms with van der Waals surface area (Å²) in [5.74, 6) is -0.843. The SMILES string of the molecule is CC(S)(S)C(=O)NCC(CC#N)NC(=O)C(C)(S)S. The molecule has 1 unspecified atom stereocenters. The van der Waals surface area contributed by atoms with Gasteiger partial charge in [0.25, 0.3) is 0 Å². The first-order valence-electron chi connectivity index (χ1n) is 5.34. The standard InChI is InChI=1S/C10H17N3O2S4/c1-9(16,17)7(14)12-5-6(3-4-11)13-8(15)10(2,18)19/h6,16-19H,3,5H2,1-2H3,(H,12,14)(H,13,15). The Balaban J connectivity index is 4.49. The lowest BCUT2D eigenvalue weighted by molar-refractivity contribution is -0.123. The summed E-state index contributed by atoms with van der Waals surface area (Å²) < 4.78 is -2.28. The average Bonchev–Trinajstić information content (AvgIpc) is 2.22. The Morgan fingerprint density at radius 1 is 1.16 bits per heavy atom. The lowest BCUT2D eigenvalue weighted by Gasteiger charge is -2.23. The van der Waals surface area contributed by atoms with Crippen molar-refractivity contribution in [2.24, 2.45) is 0 Å². The lowest BCUT2D eigenvalue weighted by atomic mass is 10.2. The monoisotopic (exact) mass is 339 g/mol. The molecule has 0 aliphatic rings. The zero-order valence-electron chi connectivity index (χ0n) is 10.5. The molecule has 0 aromatic carbocycles. The summed E-state index contributed by atoms with van der Waals surface area (Å²) in [5.41, 5.74) is 0. The molecule has 0 saturated carbocycles. The Labute approximate surface area is 134 Å². The predicted molar refractivity (Wildman–Crippen MR) is 87.9 cm³/mol. The first-order valence-corrected chi connectivity index (χ1v) is 7.13. The van der Waals surface area contributed by atoms with Crippen LogP contribution in [0.4, 0.5) is 0 Å². The minimum absolute atomic E-state index is 0.0551. The van der Waals surface area contributed by atoms with Gasteiger partial charge in [-0.15, -0.1) is 0 Å². The highest BCUT2D eigenvalue weighted by molar-refractivity contribution is 8.02. The van der Waals surface area contributed by atoms with Crippen molar-refractivity contribution < 1.29 is 9.59 Å². The van der Waals surface area contributed by atoms with Crippen LogP contribution in [0.25, 0.3) is 0 Å². The quantitative estimate of drug-likeness (QED) is 0.318. The number of nitrogens with one attached hydrogen (secondary N) is 2. The number of rotatable bonds is 6. The minimum atomic E-state index is -1.15. The molecule has 108 valence electrons. The highest BCUT2D eigenvalue weighted by Crippen LogP contribution is 2.19. The molecule has 0 heterocycles. The topological polar surface area (TPSA) is 82.0 Å². The number of carbonyl (C=O) groups excluding carboxylic acids is 2. The van der Waals surface area contributed by atoms with E-state index in [4.69, 9.17) is 5.26 Å². The lowest BCUT2D eigenvalue weighted by Crippen LogP contribution is -2.49. The number of carbonyl (C=O) groups is 2. The van der Waals surface area contributed by atoms with Gasteiger partial charge in [0.1, 0.15) is 8.16 Å². The van der Waals surface area contributed by atoms with Gasteiger partial charge in [0, 0.05) is 6.54 Å².